The number of thiophene rings is 1. The molecule has 1 fully saturated rings. The second-order valence-electron chi connectivity index (χ2n) is 8.10. The number of esters is 1. The summed E-state index contributed by atoms with van der Waals surface area (Å²) in [6.07, 6.45) is 4.03. The van der Waals surface area contributed by atoms with Gasteiger partial charge in [0.05, 0.1) is 19.2 Å². The van der Waals surface area contributed by atoms with Gasteiger partial charge in [-0.25, -0.2) is 4.79 Å². The van der Waals surface area contributed by atoms with E-state index in [1.165, 1.54) is 23.3 Å². The third kappa shape index (κ3) is 5.29. The topological polar surface area (TPSA) is 61.9 Å². The molecule has 1 saturated heterocycles. The molecule has 1 amide bonds. The third-order valence-electron chi connectivity index (χ3n) is 6.00. The standard InChI is InChI=1S/C23H28ClN3O3S/c1-30-23(29)21-17-7-3-5-9-19(17)31-22(21)25-20(28)15-27-12-10-26(11-13-27)14-16-6-2-4-8-18(16)24/h2,4,6,8H,3,5,7,9-15H2,1H3,(H,25,28). The van der Waals surface area contributed by atoms with E-state index in [9.17, 15) is 9.59 Å². The van der Waals surface area contributed by atoms with Gasteiger partial charge in [-0.15, -0.1) is 11.3 Å². The van der Waals surface area contributed by atoms with Crippen molar-refractivity contribution in [2.75, 3.05) is 45.2 Å². The molecule has 1 aliphatic heterocycles. The van der Waals surface area contributed by atoms with Crippen molar-refractivity contribution in [2.45, 2.75) is 32.2 Å². The lowest BCUT2D eigenvalue weighted by Gasteiger charge is -2.34. The molecular weight excluding hydrogens is 434 g/mol. The number of nitrogens with zero attached hydrogens (tertiary/aromatic N) is 2. The SMILES string of the molecule is COC(=O)c1c(NC(=O)CN2CCN(Cc3ccccc3Cl)CC2)sc2c1CCCC2. The zero-order valence-electron chi connectivity index (χ0n) is 17.8. The van der Waals surface area contributed by atoms with E-state index < -0.39 is 0 Å². The minimum Gasteiger partial charge on any atom is -0.465 e. The molecule has 31 heavy (non-hydrogen) atoms. The molecule has 1 aromatic carbocycles. The summed E-state index contributed by atoms with van der Waals surface area (Å²) < 4.78 is 4.99. The molecule has 0 spiro atoms. The summed E-state index contributed by atoms with van der Waals surface area (Å²) in [5, 5.41) is 4.43. The summed E-state index contributed by atoms with van der Waals surface area (Å²) in [5.74, 6) is -0.439. The second kappa shape index (κ2) is 10.1. The predicted octanol–water partition coefficient (Wildman–Crippen LogP) is 3.82. The molecule has 2 aromatic rings. The Morgan fingerprint density at radius 2 is 1.81 bits per heavy atom. The van der Waals surface area contributed by atoms with E-state index in [1.54, 1.807) is 0 Å². The van der Waals surface area contributed by atoms with E-state index in [0.29, 0.717) is 17.1 Å². The largest absolute Gasteiger partial charge is 0.465 e. The number of fused-ring (bicyclic) bond motifs is 1. The van der Waals surface area contributed by atoms with E-state index in [0.717, 1.165) is 74.6 Å². The highest BCUT2D eigenvalue weighted by atomic mass is 35.5. The number of ether oxygens (including phenoxy) is 1. The maximum atomic E-state index is 12.7. The van der Waals surface area contributed by atoms with E-state index in [-0.39, 0.29) is 11.9 Å². The number of carbonyl (C=O) groups excluding carboxylic acids is 2. The van der Waals surface area contributed by atoms with Crippen LogP contribution in [0.5, 0.6) is 0 Å². The van der Waals surface area contributed by atoms with Crippen LogP contribution in [0.4, 0.5) is 5.00 Å². The van der Waals surface area contributed by atoms with Crippen LogP contribution in [0.25, 0.3) is 0 Å². The molecule has 2 aliphatic rings. The van der Waals surface area contributed by atoms with E-state index in [1.807, 2.05) is 18.2 Å². The van der Waals surface area contributed by atoms with Crippen molar-refractivity contribution in [3.8, 4) is 0 Å². The lowest BCUT2D eigenvalue weighted by Crippen LogP contribution is -2.48. The number of rotatable bonds is 6. The van der Waals surface area contributed by atoms with Gasteiger partial charge in [0.1, 0.15) is 5.00 Å². The Kier molecular flexibility index (Phi) is 7.27. The van der Waals surface area contributed by atoms with Crippen molar-refractivity contribution in [1.29, 1.82) is 0 Å². The summed E-state index contributed by atoms with van der Waals surface area (Å²) in [5.41, 5.74) is 2.75. The Morgan fingerprint density at radius 3 is 2.55 bits per heavy atom. The van der Waals surface area contributed by atoms with E-state index in [4.69, 9.17) is 16.3 Å². The van der Waals surface area contributed by atoms with Gasteiger partial charge in [-0.3, -0.25) is 14.6 Å². The summed E-state index contributed by atoms with van der Waals surface area (Å²) in [6, 6.07) is 7.93. The van der Waals surface area contributed by atoms with Crippen molar-refractivity contribution in [3.05, 3.63) is 50.9 Å². The summed E-state index contributed by atoms with van der Waals surface area (Å²) in [7, 11) is 1.39. The number of hydrogen-bond donors (Lipinski definition) is 1. The number of aryl methyl sites for hydroxylation is 1. The molecule has 0 saturated carbocycles. The number of anilines is 1. The lowest BCUT2D eigenvalue weighted by molar-refractivity contribution is -0.117. The smallest absolute Gasteiger partial charge is 0.341 e. The Balaban J connectivity index is 1.32. The van der Waals surface area contributed by atoms with Gasteiger partial charge >= 0.3 is 5.97 Å². The molecule has 0 radical (unpaired) electrons. The van der Waals surface area contributed by atoms with Crippen LogP contribution in [-0.2, 0) is 28.9 Å². The lowest BCUT2D eigenvalue weighted by atomic mass is 9.95. The molecule has 4 rings (SSSR count). The minimum atomic E-state index is -0.358. The molecule has 1 aliphatic carbocycles. The number of carbonyl (C=O) groups is 2. The monoisotopic (exact) mass is 461 g/mol. The first-order valence-corrected chi connectivity index (χ1v) is 12.0. The highest BCUT2D eigenvalue weighted by molar-refractivity contribution is 7.17. The van der Waals surface area contributed by atoms with Crippen molar-refractivity contribution >= 4 is 39.8 Å². The molecule has 6 nitrogen and oxygen atoms in total. The maximum Gasteiger partial charge on any atom is 0.341 e. The molecule has 8 heteroatoms. The van der Waals surface area contributed by atoms with Gasteiger partial charge < -0.3 is 10.1 Å². The van der Waals surface area contributed by atoms with Crippen LogP contribution >= 0.6 is 22.9 Å². The van der Waals surface area contributed by atoms with Crippen molar-refractivity contribution in [1.82, 2.24) is 9.80 Å². The van der Waals surface area contributed by atoms with Crippen molar-refractivity contribution in [3.63, 3.8) is 0 Å². The zero-order valence-corrected chi connectivity index (χ0v) is 19.4. The van der Waals surface area contributed by atoms with Gasteiger partial charge in [0.15, 0.2) is 0 Å². The van der Waals surface area contributed by atoms with Crippen LogP contribution in [0.1, 0.15) is 39.2 Å². The summed E-state index contributed by atoms with van der Waals surface area (Å²) >= 11 is 7.81. The Labute approximate surface area is 192 Å². The van der Waals surface area contributed by atoms with Crippen LogP contribution in [0.2, 0.25) is 5.02 Å². The fourth-order valence-electron chi connectivity index (χ4n) is 4.31. The van der Waals surface area contributed by atoms with Crippen LogP contribution in [-0.4, -0.2) is 61.5 Å². The Hall–Kier alpha value is -1.93. The van der Waals surface area contributed by atoms with Gasteiger partial charge in [-0.1, -0.05) is 29.8 Å². The van der Waals surface area contributed by atoms with Crippen LogP contribution in [0.15, 0.2) is 24.3 Å². The zero-order chi connectivity index (χ0) is 21.8. The van der Waals surface area contributed by atoms with E-state index >= 15 is 0 Å². The number of methoxy groups -OCH3 is 1. The molecule has 0 atom stereocenters. The van der Waals surface area contributed by atoms with Crippen molar-refractivity contribution in [2.24, 2.45) is 0 Å². The number of piperazine rings is 1. The van der Waals surface area contributed by atoms with Gasteiger partial charge in [-0.2, -0.15) is 0 Å². The number of nitrogens with one attached hydrogen (secondary N) is 1. The van der Waals surface area contributed by atoms with Crippen LogP contribution < -0.4 is 5.32 Å². The van der Waals surface area contributed by atoms with Crippen LogP contribution in [0, 0.1) is 0 Å². The Bertz CT molecular complexity index is 954. The Morgan fingerprint density at radius 1 is 1.10 bits per heavy atom. The molecule has 0 unspecified atom stereocenters. The quantitative estimate of drug-likeness (QED) is 0.662. The average molecular weight is 462 g/mol. The third-order valence-corrected chi connectivity index (χ3v) is 7.57. The number of hydrogen-bond acceptors (Lipinski definition) is 6. The van der Waals surface area contributed by atoms with Gasteiger partial charge in [0, 0.05) is 42.6 Å². The first-order chi connectivity index (χ1) is 15.0. The normalized spacial score (nSPS) is 17.2. The minimum absolute atomic E-state index is 0.0803. The molecule has 2 heterocycles. The molecule has 0 bridgehead atoms. The predicted molar refractivity (Wildman–Crippen MR) is 124 cm³/mol. The van der Waals surface area contributed by atoms with Gasteiger partial charge in [-0.05, 0) is 42.9 Å². The highest BCUT2D eigenvalue weighted by Gasteiger charge is 2.27. The van der Waals surface area contributed by atoms with Gasteiger partial charge in [0.2, 0.25) is 5.91 Å². The highest BCUT2D eigenvalue weighted by Crippen LogP contribution is 2.38. The first kappa shape index (κ1) is 22.3. The molecular formula is C23H28ClN3O3S. The molecule has 1 aromatic heterocycles. The molecule has 166 valence electrons. The number of halogens is 1. The summed E-state index contributed by atoms with van der Waals surface area (Å²) in [6.45, 7) is 4.57. The van der Waals surface area contributed by atoms with Crippen molar-refractivity contribution < 1.29 is 14.3 Å². The number of amides is 1. The summed E-state index contributed by atoms with van der Waals surface area (Å²) in [4.78, 5) is 30.8. The average Bonchev–Trinajstić information content (AvgIpc) is 3.13. The fraction of sp³-hybridized carbons (Fsp3) is 0.478. The van der Waals surface area contributed by atoms with Gasteiger partial charge in [0.25, 0.3) is 0 Å². The number of benzene rings is 1. The van der Waals surface area contributed by atoms with E-state index in [2.05, 4.69) is 21.2 Å². The second-order valence-corrected chi connectivity index (χ2v) is 9.61. The maximum absolute atomic E-state index is 12.7. The molecule has 1 N–H and O–H groups in total. The fourth-order valence-corrected chi connectivity index (χ4v) is 5.80. The van der Waals surface area contributed by atoms with Crippen LogP contribution in [0.3, 0.4) is 0 Å². The first-order valence-electron chi connectivity index (χ1n) is 10.8.